The molecule has 1 aliphatic heterocycles. The Bertz CT molecular complexity index is 1370. The Hall–Kier alpha value is -2.58. The number of aromatic amines is 1. The number of hydrogen-bond donors (Lipinski definition) is 3. The van der Waals surface area contributed by atoms with Crippen LogP contribution in [0.4, 0.5) is 0 Å². The molecule has 1 atom stereocenters. The molecule has 5 rings (SSSR count). The number of β-amino-alcohol motifs (C(OH)–C–C–N with tert-alkyl or cyclic N) is 1. The summed E-state index contributed by atoms with van der Waals surface area (Å²) >= 11 is 12.6. The van der Waals surface area contributed by atoms with Crippen LogP contribution in [0.1, 0.15) is 34.7 Å². The molecule has 212 valence electrons. The Morgan fingerprint density at radius 1 is 0.850 bits per heavy atom. The number of aliphatic hydroxyl groups is 1. The fourth-order valence-corrected chi connectivity index (χ4v) is 5.99. The lowest BCUT2D eigenvalue weighted by Gasteiger charge is -2.34. The van der Waals surface area contributed by atoms with Gasteiger partial charge in [0, 0.05) is 71.8 Å². The number of rotatable bonds is 12. The number of aromatic nitrogens is 1. The lowest BCUT2D eigenvalue weighted by molar-refractivity contribution is 0.108. The molecule has 1 unspecified atom stereocenters. The van der Waals surface area contributed by atoms with E-state index in [-0.39, 0.29) is 12.5 Å². The van der Waals surface area contributed by atoms with Gasteiger partial charge < -0.3 is 25.5 Å². The van der Waals surface area contributed by atoms with E-state index in [1.54, 1.807) is 0 Å². The first-order chi connectivity index (χ1) is 19.6. The van der Waals surface area contributed by atoms with Gasteiger partial charge in [0.05, 0.1) is 13.2 Å². The number of benzene rings is 3. The lowest BCUT2D eigenvalue weighted by atomic mass is 9.86. The fourth-order valence-electron chi connectivity index (χ4n) is 5.69. The van der Waals surface area contributed by atoms with Gasteiger partial charge in [0.25, 0.3) is 0 Å². The van der Waals surface area contributed by atoms with Crippen LogP contribution in [-0.2, 0) is 6.42 Å². The van der Waals surface area contributed by atoms with Crippen molar-refractivity contribution in [3.05, 3.63) is 99.2 Å². The molecule has 0 saturated carbocycles. The Morgan fingerprint density at radius 3 is 2.12 bits per heavy atom. The van der Waals surface area contributed by atoms with Crippen molar-refractivity contribution in [3.63, 3.8) is 0 Å². The van der Waals surface area contributed by atoms with Crippen LogP contribution in [0.3, 0.4) is 0 Å². The van der Waals surface area contributed by atoms with E-state index in [1.807, 2.05) is 30.3 Å². The number of ether oxygens (including phenoxy) is 1. The summed E-state index contributed by atoms with van der Waals surface area (Å²) in [6.45, 7) is 7.40. The normalized spacial score (nSPS) is 15.5. The second-order valence-electron chi connectivity index (χ2n) is 10.4. The summed E-state index contributed by atoms with van der Waals surface area (Å²) in [6, 6.07) is 22.5. The molecular formula is C32H38Cl2N4O2. The molecule has 0 aliphatic carbocycles. The summed E-state index contributed by atoms with van der Waals surface area (Å²) < 4.78 is 6.12. The third kappa shape index (κ3) is 7.00. The van der Waals surface area contributed by atoms with Gasteiger partial charge in [0.2, 0.25) is 0 Å². The van der Waals surface area contributed by atoms with Crippen LogP contribution in [0.5, 0.6) is 5.75 Å². The molecule has 6 nitrogen and oxygen atoms in total. The second kappa shape index (κ2) is 13.9. The average Bonchev–Trinajstić information content (AvgIpc) is 3.31. The average molecular weight is 582 g/mol. The van der Waals surface area contributed by atoms with Crippen molar-refractivity contribution in [2.24, 2.45) is 5.73 Å². The minimum absolute atomic E-state index is 0.0245. The van der Waals surface area contributed by atoms with Gasteiger partial charge in [-0.25, -0.2) is 0 Å². The first-order valence-corrected chi connectivity index (χ1v) is 14.8. The van der Waals surface area contributed by atoms with E-state index in [2.05, 4.69) is 51.2 Å². The largest absolute Gasteiger partial charge is 0.494 e. The third-order valence-corrected chi connectivity index (χ3v) is 8.26. The number of fused-ring (bicyclic) bond motifs is 1. The van der Waals surface area contributed by atoms with Crippen molar-refractivity contribution < 1.29 is 9.84 Å². The zero-order valence-corrected chi connectivity index (χ0v) is 24.3. The van der Waals surface area contributed by atoms with Gasteiger partial charge in [-0.2, -0.15) is 0 Å². The van der Waals surface area contributed by atoms with Gasteiger partial charge in [0.15, 0.2) is 0 Å². The maximum Gasteiger partial charge on any atom is 0.119 e. The Kier molecular flexibility index (Phi) is 10.0. The maximum absolute atomic E-state index is 9.13. The topological polar surface area (TPSA) is 77.8 Å². The summed E-state index contributed by atoms with van der Waals surface area (Å²) in [6.07, 6.45) is 1.73. The van der Waals surface area contributed by atoms with Gasteiger partial charge in [-0.3, -0.25) is 4.90 Å². The van der Waals surface area contributed by atoms with Crippen molar-refractivity contribution in [1.29, 1.82) is 0 Å². The summed E-state index contributed by atoms with van der Waals surface area (Å²) in [5.74, 6) is 0.848. The minimum Gasteiger partial charge on any atom is -0.494 e. The van der Waals surface area contributed by atoms with Crippen LogP contribution in [0.15, 0.2) is 66.7 Å². The van der Waals surface area contributed by atoms with E-state index >= 15 is 0 Å². The number of aliphatic hydroxyl groups excluding tert-OH is 1. The summed E-state index contributed by atoms with van der Waals surface area (Å²) in [7, 11) is 0. The zero-order valence-electron chi connectivity index (χ0n) is 22.8. The Labute approximate surface area is 246 Å². The molecule has 0 radical (unpaired) electrons. The Morgan fingerprint density at radius 2 is 1.48 bits per heavy atom. The van der Waals surface area contributed by atoms with E-state index in [0.717, 1.165) is 85.6 Å². The quantitative estimate of drug-likeness (QED) is 0.192. The van der Waals surface area contributed by atoms with Crippen molar-refractivity contribution in [2.75, 3.05) is 59.0 Å². The molecule has 1 fully saturated rings. The van der Waals surface area contributed by atoms with Gasteiger partial charge >= 0.3 is 0 Å². The van der Waals surface area contributed by atoms with Gasteiger partial charge in [-0.1, -0.05) is 47.5 Å². The first-order valence-electron chi connectivity index (χ1n) is 14.1. The third-order valence-electron chi connectivity index (χ3n) is 7.77. The standard InChI is InChI=1S/C32H38Cl2N4O2/c33-25-6-2-23(3-7-25)31(32-28(12-13-35)29-22-26(34)8-11-30(29)36-32)24-4-9-27(10-5-24)40-21-1-14-37-15-17-38(18-16-37)19-20-39/h2-11,22,31,36,39H,1,12-21,35H2. The number of piperazine rings is 1. The van der Waals surface area contributed by atoms with Crippen LogP contribution in [0.2, 0.25) is 10.0 Å². The maximum atomic E-state index is 9.13. The van der Waals surface area contributed by atoms with E-state index in [0.29, 0.717) is 23.2 Å². The highest BCUT2D eigenvalue weighted by atomic mass is 35.5. The molecule has 0 amide bonds. The number of hydrogen-bond acceptors (Lipinski definition) is 5. The van der Waals surface area contributed by atoms with E-state index < -0.39 is 0 Å². The van der Waals surface area contributed by atoms with Gasteiger partial charge in [-0.05, 0) is 78.5 Å². The van der Waals surface area contributed by atoms with Crippen molar-refractivity contribution in [3.8, 4) is 5.75 Å². The number of nitrogens with zero attached hydrogens (tertiary/aromatic N) is 2. The highest BCUT2D eigenvalue weighted by molar-refractivity contribution is 6.31. The summed E-state index contributed by atoms with van der Waals surface area (Å²) in [5.41, 5.74) is 11.7. The highest BCUT2D eigenvalue weighted by Gasteiger charge is 2.24. The molecule has 0 spiro atoms. The molecule has 8 heteroatoms. The molecular weight excluding hydrogens is 543 g/mol. The van der Waals surface area contributed by atoms with E-state index in [4.69, 9.17) is 38.8 Å². The smallest absolute Gasteiger partial charge is 0.119 e. The van der Waals surface area contributed by atoms with E-state index in [1.165, 1.54) is 5.56 Å². The monoisotopic (exact) mass is 580 g/mol. The number of nitrogens with one attached hydrogen (secondary N) is 1. The van der Waals surface area contributed by atoms with Crippen LogP contribution in [0.25, 0.3) is 10.9 Å². The molecule has 1 saturated heterocycles. The molecule has 3 aromatic carbocycles. The summed E-state index contributed by atoms with van der Waals surface area (Å²) in [5, 5.41) is 11.7. The zero-order chi connectivity index (χ0) is 27.9. The Balaban J connectivity index is 1.31. The van der Waals surface area contributed by atoms with Crippen LogP contribution in [0, 0.1) is 0 Å². The predicted octanol–water partition coefficient (Wildman–Crippen LogP) is 5.53. The molecule has 40 heavy (non-hydrogen) atoms. The van der Waals surface area contributed by atoms with Crippen LogP contribution in [-0.4, -0.2) is 78.9 Å². The van der Waals surface area contributed by atoms with E-state index in [9.17, 15) is 0 Å². The molecule has 4 aromatic rings. The molecule has 1 aromatic heterocycles. The lowest BCUT2D eigenvalue weighted by Crippen LogP contribution is -2.47. The summed E-state index contributed by atoms with van der Waals surface area (Å²) in [4.78, 5) is 8.48. The van der Waals surface area contributed by atoms with Crippen molar-refractivity contribution in [2.45, 2.75) is 18.8 Å². The van der Waals surface area contributed by atoms with Gasteiger partial charge in [0.1, 0.15) is 5.75 Å². The van der Waals surface area contributed by atoms with Crippen LogP contribution >= 0.6 is 23.2 Å². The molecule has 1 aliphatic rings. The van der Waals surface area contributed by atoms with Crippen LogP contribution < -0.4 is 10.5 Å². The SMILES string of the molecule is NCCc1c(C(c2ccc(Cl)cc2)c2ccc(OCCCN3CCN(CCO)CC3)cc2)[nH]c2ccc(Cl)cc12. The van der Waals surface area contributed by atoms with Crippen molar-refractivity contribution in [1.82, 2.24) is 14.8 Å². The molecule has 4 N–H and O–H groups in total. The molecule has 2 heterocycles. The number of H-pyrrole nitrogens is 1. The first kappa shape index (κ1) is 28.9. The fraction of sp³-hybridized carbons (Fsp3) is 0.375. The molecule has 0 bridgehead atoms. The minimum atomic E-state index is -0.0245. The number of nitrogens with two attached hydrogens (primary N) is 1. The number of halogens is 2. The van der Waals surface area contributed by atoms with Gasteiger partial charge in [-0.15, -0.1) is 0 Å². The second-order valence-corrected chi connectivity index (χ2v) is 11.3. The highest BCUT2D eigenvalue weighted by Crippen LogP contribution is 2.38. The van der Waals surface area contributed by atoms with Crippen molar-refractivity contribution >= 4 is 34.1 Å². The predicted molar refractivity (Wildman–Crippen MR) is 165 cm³/mol.